The van der Waals surface area contributed by atoms with Crippen molar-refractivity contribution in [2.75, 3.05) is 6.61 Å². The first-order valence-corrected chi connectivity index (χ1v) is 3.94. The Labute approximate surface area is 60.2 Å². The Hall–Kier alpha value is -0.370. The van der Waals surface area contributed by atoms with Crippen LogP contribution in [0, 0.1) is 11.3 Å². The summed E-state index contributed by atoms with van der Waals surface area (Å²) in [5.41, 5.74) is -0.250. The number of carbonyl (C=O) groups excluding carboxylic acids is 1. The topological polar surface area (TPSA) is 37.3 Å². The quantitative estimate of drug-likeness (QED) is 0.583. The SMILES string of the molecule is O=C1CCC2CCC12CO. The Kier molecular flexibility index (Phi) is 1.15. The molecule has 0 aromatic carbocycles. The number of fused-ring (bicyclic) bond motifs is 1. The van der Waals surface area contributed by atoms with Crippen molar-refractivity contribution in [2.45, 2.75) is 25.7 Å². The van der Waals surface area contributed by atoms with Gasteiger partial charge in [-0.1, -0.05) is 0 Å². The molecule has 2 nitrogen and oxygen atoms in total. The van der Waals surface area contributed by atoms with Crippen molar-refractivity contribution >= 4 is 5.78 Å². The van der Waals surface area contributed by atoms with Gasteiger partial charge in [0.2, 0.25) is 0 Å². The number of carbonyl (C=O) groups is 1. The van der Waals surface area contributed by atoms with Gasteiger partial charge in [0.15, 0.2) is 0 Å². The van der Waals surface area contributed by atoms with Crippen molar-refractivity contribution in [1.82, 2.24) is 0 Å². The summed E-state index contributed by atoms with van der Waals surface area (Å²) in [5, 5.41) is 9.00. The second-order valence-corrected chi connectivity index (χ2v) is 3.51. The molecule has 1 N–H and O–H groups in total. The highest BCUT2D eigenvalue weighted by atomic mass is 16.3. The number of hydrogen-bond acceptors (Lipinski definition) is 2. The number of Topliss-reactive ketones (excluding diaryl/α,β-unsaturated/α-hetero) is 1. The van der Waals surface area contributed by atoms with E-state index in [2.05, 4.69) is 0 Å². The number of ketones is 1. The van der Waals surface area contributed by atoms with E-state index >= 15 is 0 Å². The summed E-state index contributed by atoms with van der Waals surface area (Å²) in [6.07, 6.45) is 3.84. The zero-order chi connectivity index (χ0) is 7.19. The highest BCUT2D eigenvalue weighted by Crippen LogP contribution is 2.54. The van der Waals surface area contributed by atoms with Crippen LogP contribution in [0.2, 0.25) is 0 Å². The normalized spacial score (nSPS) is 44.9. The molecule has 0 spiro atoms. The molecule has 2 aliphatic rings. The minimum atomic E-state index is -0.250. The van der Waals surface area contributed by atoms with Crippen LogP contribution < -0.4 is 0 Å². The van der Waals surface area contributed by atoms with Crippen molar-refractivity contribution in [3.63, 3.8) is 0 Å². The lowest BCUT2D eigenvalue weighted by Crippen LogP contribution is -2.44. The van der Waals surface area contributed by atoms with Crippen LogP contribution in [0.4, 0.5) is 0 Å². The minimum Gasteiger partial charge on any atom is -0.395 e. The van der Waals surface area contributed by atoms with Crippen LogP contribution in [0.5, 0.6) is 0 Å². The van der Waals surface area contributed by atoms with Crippen LogP contribution in [0.1, 0.15) is 25.7 Å². The highest BCUT2D eigenvalue weighted by Gasteiger charge is 2.55. The van der Waals surface area contributed by atoms with E-state index in [-0.39, 0.29) is 12.0 Å². The molecule has 2 aliphatic carbocycles. The monoisotopic (exact) mass is 140 g/mol. The lowest BCUT2D eigenvalue weighted by atomic mass is 9.62. The Bertz CT molecular complexity index is 172. The average molecular weight is 140 g/mol. The van der Waals surface area contributed by atoms with Gasteiger partial charge in [-0.3, -0.25) is 4.79 Å². The molecular formula is C8H12O2. The highest BCUT2D eigenvalue weighted by molar-refractivity contribution is 5.88. The smallest absolute Gasteiger partial charge is 0.141 e. The number of hydrogen-bond donors (Lipinski definition) is 1. The molecule has 0 aliphatic heterocycles. The number of aliphatic hydroxyl groups is 1. The van der Waals surface area contributed by atoms with Crippen LogP contribution in [0.25, 0.3) is 0 Å². The van der Waals surface area contributed by atoms with Gasteiger partial charge in [-0.25, -0.2) is 0 Å². The van der Waals surface area contributed by atoms with E-state index in [1.54, 1.807) is 0 Å². The fourth-order valence-corrected chi connectivity index (χ4v) is 2.34. The van der Waals surface area contributed by atoms with E-state index in [9.17, 15) is 4.79 Å². The summed E-state index contributed by atoms with van der Waals surface area (Å²) in [6, 6.07) is 0. The van der Waals surface area contributed by atoms with E-state index in [1.165, 1.54) is 0 Å². The van der Waals surface area contributed by atoms with E-state index in [0.717, 1.165) is 19.3 Å². The summed E-state index contributed by atoms with van der Waals surface area (Å²) >= 11 is 0. The molecule has 0 radical (unpaired) electrons. The van der Waals surface area contributed by atoms with Crippen molar-refractivity contribution in [1.29, 1.82) is 0 Å². The van der Waals surface area contributed by atoms with Crippen LogP contribution in [-0.4, -0.2) is 17.5 Å². The number of aliphatic hydroxyl groups excluding tert-OH is 1. The molecule has 0 amide bonds. The third-order valence-corrected chi connectivity index (χ3v) is 3.28. The van der Waals surface area contributed by atoms with Gasteiger partial charge >= 0.3 is 0 Å². The molecule has 2 unspecified atom stereocenters. The van der Waals surface area contributed by atoms with Crippen molar-refractivity contribution in [2.24, 2.45) is 11.3 Å². The van der Waals surface area contributed by atoms with E-state index < -0.39 is 0 Å². The second-order valence-electron chi connectivity index (χ2n) is 3.51. The van der Waals surface area contributed by atoms with Crippen LogP contribution in [-0.2, 0) is 4.79 Å². The molecular weight excluding hydrogens is 128 g/mol. The van der Waals surface area contributed by atoms with Gasteiger partial charge < -0.3 is 5.11 Å². The summed E-state index contributed by atoms with van der Waals surface area (Å²) in [7, 11) is 0. The molecule has 2 rings (SSSR count). The number of rotatable bonds is 1. The predicted molar refractivity (Wildman–Crippen MR) is 36.5 cm³/mol. The molecule has 0 aromatic heterocycles. The van der Waals surface area contributed by atoms with Crippen LogP contribution in [0.15, 0.2) is 0 Å². The molecule has 0 aromatic rings. The first-order chi connectivity index (χ1) is 4.79. The summed E-state index contributed by atoms with van der Waals surface area (Å²) in [6.45, 7) is 0.0938. The van der Waals surface area contributed by atoms with Crippen molar-refractivity contribution in [3.8, 4) is 0 Å². The van der Waals surface area contributed by atoms with Crippen LogP contribution >= 0.6 is 0 Å². The van der Waals surface area contributed by atoms with Gasteiger partial charge in [0, 0.05) is 6.42 Å². The molecule has 2 saturated carbocycles. The van der Waals surface area contributed by atoms with Gasteiger partial charge in [-0.05, 0) is 25.2 Å². The summed E-state index contributed by atoms with van der Waals surface area (Å²) in [4.78, 5) is 11.2. The lowest BCUT2D eigenvalue weighted by molar-refractivity contribution is -0.136. The predicted octanol–water partition coefficient (Wildman–Crippen LogP) is 0.738. The summed E-state index contributed by atoms with van der Waals surface area (Å²) in [5.74, 6) is 0.844. The Balaban J connectivity index is 2.24. The standard InChI is InChI=1S/C8H12O2/c9-5-8-4-3-6(8)1-2-7(8)10/h6,9H,1-5H2. The molecule has 2 fully saturated rings. The van der Waals surface area contributed by atoms with Crippen molar-refractivity contribution < 1.29 is 9.90 Å². The van der Waals surface area contributed by atoms with E-state index in [0.29, 0.717) is 18.1 Å². The fraction of sp³-hybridized carbons (Fsp3) is 0.875. The Morgan fingerprint density at radius 3 is 2.70 bits per heavy atom. The molecule has 0 bridgehead atoms. The average Bonchev–Trinajstić information content (AvgIpc) is 2.06. The Morgan fingerprint density at radius 2 is 2.40 bits per heavy atom. The zero-order valence-electron chi connectivity index (χ0n) is 5.97. The van der Waals surface area contributed by atoms with Gasteiger partial charge in [-0.2, -0.15) is 0 Å². The molecule has 2 atom stereocenters. The second kappa shape index (κ2) is 1.82. The Morgan fingerprint density at radius 1 is 1.60 bits per heavy atom. The molecule has 0 saturated heterocycles. The first kappa shape index (κ1) is 6.35. The van der Waals surface area contributed by atoms with Gasteiger partial charge in [0.05, 0.1) is 12.0 Å². The van der Waals surface area contributed by atoms with E-state index in [4.69, 9.17) is 5.11 Å². The van der Waals surface area contributed by atoms with Gasteiger partial charge in [-0.15, -0.1) is 0 Å². The molecule has 10 heavy (non-hydrogen) atoms. The third-order valence-electron chi connectivity index (χ3n) is 3.28. The molecule has 56 valence electrons. The van der Waals surface area contributed by atoms with E-state index in [1.807, 2.05) is 0 Å². The molecule has 0 heterocycles. The largest absolute Gasteiger partial charge is 0.395 e. The summed E-state index contributed by atoms with van der Waals surface area (Å²) < 4.78 is 0. The lowest BCUT2D eigenvalue weighted by Gasteiger charge is -2.41. The third kappa shape index (κ3) is 0.511. The van der Waals surface area contributed by atoms with Crippen molar-refractivity contribution in [3.05, 3.63) is 0 Å². The minimum absolute atomic E-state index is 0.0938. The van der Waals surface area contributed by atoms with Crippen LogP contribution in [0.3, 0.4) is 0 Å². The van der Waals surface area contributed by atoms with Gasteiger partial charge in [0.1, 0.15) is 5.78 Å². The zero-order valence-corrected chi connectivity index (χ0v) is 5.97. The maximum absolute atomic E-state index is 11.2. The molecule has 2 heteroatoms. The fourth-order valence-electron chi connectivity index (χ4n) is 2.34. The maximum Gasteiger partial charge on any atom is 0.141 e. The first-order valence-electron chi connectivity index (χ1n) is 3.94. The van der Waals surface area contributed by atoms with Gasteiger partial charge in [0.25, 0.3) is 0 Å². The maximum atomic E-state index is 11.2.